The highest BCUT2D eigenvalue weighted by molar-refractivity contribution is 7.98. The maximum atomic E-state index is 5.90. The first-order valence-electron chi connectivity index (χ1n) is 8.99. The van der Waals surface area contributed by atoms with Crippen molar-refractivity contribution in [3.05, 3.63) is 6.07 Å². The number of thioether (sulfide) groups is 1. The van der Waals surface area contributed by atoms with Crippen LogP contribution in [0.4, 0.5) is 0 Å². The Morgan fingerprint density at radius 3 is 1.92 bits per heavy atom. The van der Waals surface area contributed by atoms with E-state index in [1.807, 2.05) is 12.3 Å². The molecule has 2 aliphatic rings. The first kappa shape index (κ1) is 17.8. The zero-order valence-electron chi connectivity index (χ0n) is 14.4. The summed E-state index contributed by atoms with van der Waals surface area (Å²) in [5.74, 6) is 1.21. The molecule has 0 bridgehead atoms. The van der Waals surface area contributed by atoms with Gasteiger partial charge in [0.05, 0.1) is 6.07 Å². The van der Waals surface area contributed by atoms with E-state index in [2.05, 4.69) is 20.6 Å². The number of nitrogens with zero attached hydrogens (tertiary/aromatic N) is 2. The van der Waals surface area contributed by atoms with E-state index in [9.17, 15) is 0 Å². The summed E-state index contributed by atoms with van der Waals surface area (Å²) in [6.45, 7) is 3.45. The normalized spacial score (nSPS) is 24.5. The largest absolute Gasteiger partial charge is 0.476 e. The van der Waals surface area contributed by atoms with E-state index in [0.29, 0.717) is 42.2 Å². The van der Waals surface area contributed by atoms with Gasteiger partial charge in [-0.1, -0.05) is 24.6 Å². The van der Waals surface area contributed by atoms with Crippen LogP contribution in [0.3, 0.4) is 0 Å². The monoisotopic (exact) mass is 352 g/mol. The van der Waals surface area contributed by atoms with Crippen LogP contribution in [-0.4, -0.2) is 54.6 Å². The second-order valence-corrected chi connectivity index (χ2v) is 7.22. The summed E-state index contributed by atoms with van der Waals surface area (Å²) in [5.41, 5.74) is 0. The van der Waals surface area contributed by atoms with E-state index < -0.39 is 0 Å². The van der Waals surface area contributed by atoms with E-state index in [4.69, 9.17) is 9.47 Å². The molecular weight excluding hydrogens is 324 g/mol. The van der Waals surface area contributed by atoms with E-state index in [-0.39, 0.29) is 0 Å². The van der Waals surface area contributed by atoms with Crippen molar-refractivity contribution in [3.63, 3.8) is 0 Å². The van der Waals surface area contributed by atoms with Crippen LogP contribution in [0.1, 0.15) is 38.5 Å². The van der Waals surface area contributed by atoms with Gasteiger partial charge in [-0.2, -0.15) is 9.97 Å². The van der Waals surface area contributed by atoms with Crippen LogP contribution in [0.2, 0.25) is 0 Å². The van der Waals surface area contributed by atoms with Gasteiger partial charge in [0, 0.05) is 12.1 Å². The van der Waals surface area contributed by atoms with Crippen LogP contribution in [0, 0.1) is 0 Å². The van der Waals surface area contributed by atoms with Gasteiger partial charge < -0.3 is 20.1 Å². The third-order valence-electron chi connectivity index (χ3n) is 4.53. The van der Waals surface area contributed by atoms with Crippen molar-refractivity contribution < 1.29 is 9.47 Å². The highest BCUT2D eigenvalue weighted by Gasteiger charge is 2.16. The Hall–Kier alpha value is -1.05. The Labute approximate surface area is 148 Å². The molecule has 1 aromatic heterocycles. The highest BCUT2D eigenvalue weighted by atomic mass is 32.2. The van der Waals surface area contributed by atoms with E-state index in [0.717, 1.165) is 25.9 Å². The zero-order valence-corrected chi connectivity index (χ0v) is 15.2. The van der Waals surface area contributed by atoms with Gasteiger partial charge in [0.25, 0.3) is 0 Å². The number of rotatable bonds is 7. The Kier molecular flexibility index (Phi) is 6.98. The molecule has 3 rings (SSSR count). The number of hydrogen-bond donors (Lipinski definition) is 2. The molecule has 24 heavy (non-hydrogen) atoms. The van der Waals surface area contributed by atoms with Gasteiger partial charge in [-0.05, 0) is 45.0 Å². The SMILES string of the molecule is CSc1nc(OC[C@H]2CCCCN2)cc(OC[C@H]2CCCCN2)n1. The molecule has 2 fully saturated rings. The molecule has 0 radical (unpaired) electrons. The summed E-state index contributed by atoms with van der Waals surface area (Å²) < 4.78 is 11.8. The summed E-state index contributed by atoms with van der Waals surface area (Å²) in [7, 11) is 0. The maximum Gasteiger partial charge on any atom is 0.221 e. The molecule has 0 unspecified atom stereocenters. The minimum atomic E-state index is 0.419. The first-order valence-corrected chi connectivity index (χ1v) is 10.2. The van der Waals surface area contributed by atoms with Crippen molar-refractivity contribution >= 4 is 11.8 Å². The minimum Gasteiger partial charge on any atom is -0.476 e. The zero-order chi connectivity index (χ0) is 16.6. The Morgan fingerprint density at radius 1 is 0.958 bits per heavy atom. The highest BCUT2D eigenvalue weighted by Crippen LogP contribution is 2.21. The van der Waals surface area contributed by atoms with Crippen LogP contribution < -0.4 is 20.1 Å². The number of piperidine rings is 2. The van der Waals surface area contributed by atoms with Crippen LogP contribution in [0.15, 0.2) is 11.2 Å². The van der Waals surface area contributed by atoms with Gasteiger partial charge in [0.1, 0.15) is 13.2 Å². The molecule has 0 spiro atoms. The molecule has 0 saturated carbocycles. The van der Waals surface area contributed by atoms with Crippen molar-refractivity contribution in [2.45, 2.75) is 55.8 Å². The molecule has 2 atom stereocenters. The fourth-order valence-corrected chi connectivity index (χ4v) is 3.49. The molecule has 134 valence electrons. The summed E-state index contributed by atoms with van der Waals surface area (Å²) in [5, 5.41) is 7.67. The van der Waals surface area contributed by atoms with E-state index >= 15 is 0 Å². The maximum absolute atomic E-state index is 5.90. The molecule has 6 nitrogen and oxygen atoms in total. The topological polar surface area (TPSA) is 68.3 Å². The third-order valence-corrected chi connectivity index (χ3v) is 5.08. The van der Waals surface area contributed by atoms with Gasteiger partial charge in [0.2, 0.25) is 11.8 Å². The van der Waals surface area contributed by atoms with Crippen LogP contribution in [0.5, 0.6) is 11.8 Å². The lowest BCUT2D eigenvalue weighted by molar-refractivity contribution is 0.217. The summed E-state index contributed by atoms with van der Waals surface area (Å²) >= 11 is 1.51. The predicted octanol–water partition coefficient (Wildman–Crippen LogP) is 2.24. The van der Waals surface area contributed by atoms with Crippen LogP contribution >= 0.6 is 11.8 Å². The third kappa shape index (κ3) is 5.50. The number of hydrogen-bond acceptors (Lipinski definition) is 7. The van der Waals surface area contributed by atoms with Gasteiger partial charge in [-0.3, -0.25) is 0 Å². The van der Waals surface area contributed by atoms with Gasteiger partial charge >= 0.3 is 0 Å². The average molecular weight is 353 g/mol. The van der Waals surface area contributed by atoms with Crippen molar-refractivity contribution in [3.8, 4) is 11.8 Å². The molecular formula is C17H28N4O2S. The smallest absolute Gasteiger partial charge is 0.221 e. The Morgan fingerprint density at radius 2 is 1.50 bits per heavy atom. The second kappa shape index (κ2) is 9.44. The molecule has 2 aliphatic heterocycles. The van der Waals surface area contributed by atoms with Crippen LogP contribution in [-0.2, 0) is 0 Å². The Bertz CT molecular complexity index is 465. The van der Waals surface area contributed by atoms with Crippen molar-refractivity contribution in [1.29, 1.82) is 0 Å². The molecule has 2 saturated heterocycles. The quantitative estimate of drug-likeness (QED) is 0.576. The van der Waals surface area contributed by atoms with Gasteiger partial charge in [-0.25, -0.2) is 0 Å². The molecule has 0 amide bonds. The summed E-state index contributed by atoms with van der Waals surface area (Å²) in [4.78, 5) is 8.87. The van der Waals surface area contributed by atoms with Crippen LogP contribution in [0.25, 0.3) is 0 Å². The Balaban J connectivity index is 1.55. The van der Waals surface area contributed by atoms with Crippen molar-refractivity contribution in [2.24, 2.45) is 0 Å². The lowest BCUT2D eigenvalue weighted by Crippen LogP contribution is -2.38. The molecule has 2 N–H and O–H groups in total. The standard InChI is InChI=1S/C17H28N4O2S/c1-24-17-20-15(22-11-13-6-2-4-8-18-13)10-16(21-17)23-12-14-7-3-5-9-19-14/h10,13-14,18-19H,2-9,11-12H2,1H3/t13-,14-/m1/s1. The number of nitrogens with one attached hydrogen (secondary N) is 2. The van der Waals surface area contributed by atoms with E-state index in [1.54, 1.807) is 0 Å². The second-order valence-electron chi connectivity index (χ2n) is 6.45. The van der Waals surface area contributed by atoms with Gasteiger partial charge in [-0.15, -0.1) is 0 Å². The number of aromatic nitrogens is 2. The lowest BCUT2D eigenvalue weighted by atomic mass is 10.1. The molecule has 7 heteroatoms. The van der Waals surface area contributed by atoms with Gasteiger partial charge in [0.15, 0.2) is 5.16 Å². The fourth-order valence-electron chi connectivity index (χ4n) is 3.13. The van der Waals surface area contributed by atoms with Crippen molar-refractivity contribution in [2.75, 3.05) is 32.6 Å². The average Bonchev–Trinajstić information content (AvgIpc) is 2.66. The van der Waals surface area contributed by atoms with Crippen molar-refractivity contribution in [1.82, 2.24) is 20.6 Å². The summed E-state index contributed by atoms with van der Waals surface area (Å²) in [6, 6.07) is 2.65. The molecule has 3 heterocycles. The molecule has 1 aromatic rings. The van der Waals surface area contributed by atoms with E-state index in [1.165, 1.54) is 37.4 Å². The minimum absolute atomic E-state index is 0.419. The lowest BCUT2D eigenvalue weighted by Gasteiger charge is -2.24. The fraction of sp³-hybridized carbons (Fsp3) is 0.765. The first-order chi connectivity index (χ1) is 11.8. The predicted molar refractivity (Wildman–Crippen MR) is 96.1 cm³/mol. The summed E-state index contributed by atoms with van der Waals surface area (Å²) in [6.07, 6.45) is 9.34. The number of ether oxygens (including phenoxy) is 2. The molecule has 0 aromatic carbocycles. The molecule has 0 aliphatic carbocycles.